The van der Waals surface area contributed by atoms with Crippen LogP contribution < -0.4 is 0 Å². The van der Waals surface area contributed by atoms with Gasteiger partial charge in [-0.05, 0) is 12.8 Å². The maximum Gasteiger partial charge on any atom is 0.122 e. The summed E-state index contributed by atoms with van der Waals surface area (Å²) >= 11 is 0. The third-order valence-electron chi connectivity index (χ3n) is 1.41. The van der Waals surface area contributed by atoms with Crippen molar-refractivity contribution < 1.29 is 19.7 Å². The van der Waals surface area contributed by atoms with Gasteiger partial charge < -0.3 is 19.7 Å². The molecule has 2 N–H and O–H groups in total. The summed E-state index contributed by atoms with van der Waals surface area (Å²) in [6.07, 6.45) is 2.29. The minimum atomic E-state index is -0.863. The Morgan fingerprint density at radius 3 is 2.17 bits per heavy atom. The molecule has 4 nitrogen and oxygen atoms in total. The van der Waals surface area contributed by atoms with E-state index < -0.39 is 6.10 Å². The molecule has 1 aliphatic rings. The third-order valence-corrected chi connectivity index (χ3v) is 1.41. The van der Waals surface area contributed by atoms with Crippen molar-refractivity contribution in [2.45, 2.75) is 25.4 Å². The van der Waals surface area contributed by atoms with Gasteiger partial charge in [0.1, 0.15) is 6.29 Å². The van der Waals surface area contributed by atoms with Crippen LogP contribution in [0.2, 0.25) is 0 Å². The Labute approximate surface area is 72.2 Å². The summed E-state index contributed by atoms with van der Waals surface area (Å²) < 4.78 is 4.94. The second-order valence-electron chi connectivity index (χ2n) is 2.56. The molecule has 1 aliphatic heterocycles. The van der Waals surface area contributed by atoms with Gasteiger partial charge >= 0.3 is 0 Å². The van der Waals surface area contributed by atoms with Gasteiger partial charge in [-0.15, -0.1) is 0 Å². The summed E-state index contributed by atoms with van der Waals surface area (Å²) in [4.78, 5) is 9.50. The number of aliphatic hydroxyl groups excluding tert-OH is 2. The molecule has 0 aromatic rings. The predicted octanol–water partition coefficient (Wildman–Crippen LogP) is -0.275. The Morgan fingerprint density at radius 1 is 1.42 bits per heavy atom. The van der Waals surface area contributed by atoms with Gasteiger partial charge in [-0.3, -0.25) is 0 Å². The zero-order valence-electron chi connectivity index (χ0n) is 7.11. The van der Waals surface area contributed by atoms with Gasteiger partial charge in [-0.25, -0.2) is 0 Å². The molecule has 12 heavy (non-hydrogen) atoms. The van der Waals surface area contributed by atoms with E-state index in [1.165, 1.54) is 12.8 Å². The van der Waals surface area contributed by atoms with Crippen LogP contribution in [0.1, 0.15) is 19.3 Å². The van der Waals surface area contributed by atoms with Crippen LogP contribution in [0.3, 0.4) is 0 Å². The highest BCUT2D eigenvalue weighted by molar-refractivity contribution is 5.49. The molecule has 1 rings (SSSR count). The Kier molecular flexibility index (Phi) is 8.32. The predicted molar refractivity (Wildman–Crippen MR) is 43.8 cm³/mol. The molecule has 0 aliphatic carbocycles. The van der Waals surface area contributed by atoms with Crippen LogP contribution in [-0.4, -0.2) is 42.4 Å². The highest BCUT2D eigenvalue weighted by Gasteiger charge is 1.96. The first kappa shape index (κ1) is 11.6. The maximum atomic E-state index is 9.50. The van der Waals surface area contributed by atoms with E-state index in [4.69, 9.17) is 14.9 Å². The number of rotatable bonds is 3. The summed E-state index contributed by atoms with van der Waals surface area (Å²) in [5.41, 5.74) is 0. The normalized spacial score (nSPS) is 17.8. The number of hydrogen-bond donors (Lipinski definition) is 2. The number of carbonyl (C=O) groups is 1. The number of hydrogen-bond acceptors (Lipinski definition) is 4. The fourth-order valence-electron chi connectivity index (χ4n) is 0.696. The minimum absolute atomic E-state index is 0.0243. The van der Waals surface area contributed by atoms with Gasteiger partial charge in [-0.2, -0.15) is 0 Å². The quantitative estimate of drug-likeness (QED) is 0.581. The lowest BCUT2D eigenvalue weighted by Gasteiger charge is -1.96. The smallest absolute Gasteiger partial charge is 0.122 e. The van der Waals surface area contributed by atoms with Crippen LogP contribution in [-0.2, 0) is 9.53 Å². The van der Waals surface area contributed by atoms with Crippen molar-refractivity contribution in [3.8, 4) is 0 Å². The number of carbonyl (C=O) groups excluding carboxylic acids is 1. The average molecular weight is 176 g/mol. The summed E-state index contributed by atoms with van der Waals surface area (Å²) in [6, 6.07) is 0. The molecule has 1 fully saturated rings. The fourth-order valence-corrected chi connectivity index (χ4v) is 0.696. The number of aliphatic hydroxyl groups is 2. The molecule has 0 radical (unpaired) electrons. The van der Waals surface area contributed by atoms with Gasteiger partial charge in [0.15, 0.2) is 0 Å². The van der Waals surface area contributed by atoms with Crippen molar-refractivity contribution in [2.75, 3.05) is 19.8 Å². The molecule has 0 aromatic carbocycles. The summed E-state index contributed by atoms with van der Waals surface area (Å²) in [6.45, 7) is 1.67. The van der Waals surface area contributed by atoms with E-state index in [0.29, 0.717) is 6.29 Å². The fraction of sp³-hybridized carbons (Fsp3) is 0.875. The van der Waals surface area contributed by atoms with Crippen LogP contribution in [0, 0.1) is 0 Å². The van der Waals surface area contributed by atoms with Gasteiger partial charge in [-0.1, -0.05) is 0 Å². The Hall–Kier alpha value is -0.450. The lowest BCUT2D eigenvalue weighted by Crippen LogP contribution is -2.11. The van der Waals surface area contributed by atoms with E-state index in [0.717, 1.165) is 13.2 Å². The monoisotopic (exact) mass is 176 g/mol. The highest BCUT2D eigenvalue weighted by atomic mass is 16.5. The SMILES string of the molecule is C1CCOC1.O=CCC(O)CO. The maximum absolute atomic E-state index is 9.50. The first-order valence-corrected chi connectivity index (χ1v) is 4.11. The topological polar surface area (TPSA) is 66.8 Å². The van der Waals surface area contributed by atoms with E-state index in [2.05, 4.69) is 0 Å². The molecule has 0 amide bonds. The minimum Gasteiger partial charge on any atom is -0.394 e. The van der Waals surface area contributed by atoms with Crippen molar-refractivity contribution in [2.24, 2.45) is 0 Å². The molecule has 1 heterocycles. The van der Waals surface area contributed by atoms with E-state index >= 15 is 0 Å². The molecule has 4 heteroatoms. The van der Waals surface area contributed by atoms with Gasteiger partial charge in [0.25, 0.3) is 0 Å². The molecule has 1 atom stereocenters. The average Bonchev–Trinajstić information content (AvgIpc) is 2.62. The summed E-state index contributed by atoms with van der Waals surface area (Å²) in [5.74, 6) is 0. The Morgan fingerprint density at radius 2 is 2.00 bits per heavy atom. The molecule has 0 bridgehead atoms. The molecular weight excluding hydrogens is 160 g/mol. The molecule has 1 saturated heterocycles. The first-order valence-electron chi connectivity index (χ1n) is 4.11. The van der Waals surface area contributed by atoms with Crippen LogP contribution >= 0.6 is 0 Å². The van der Waals surface area contributed by atoms with Gasteiger partial charge in [0.2, 0.25) is 0 Å². The lowest BCUT2D eigenvalue weighted by atomic mass is 10.3. The molecule has 0 aromatic heterocycles. The van der Waals surface area contributed by atoms with Gasteiger partial charge in [0.05, 0.1) is 12.7 Å². The Bertz CT molecular complexity index is 93.6. The zero-order valence-corrected chi connectivity index (χ0v) is 7.11. The van der Waals surface area contributed by atoms with E-state index in [1.807, 2.05) is 0 Å². The number of ether oxygens (including phenoxy) is 1. The van der Waals surface area contributed by atoms with E-state index in [9.17, 15) is 4.79 Å². The standard InChI is InChI=1S/C4H8O3.C4H8O/c5-2-1-4(7)3-6;1-2-4-5-3-1/h2,4,6-7H,1,3H2;1-4H2. The first-order chi connectivity index (χ1) is 5.81. The van der Waals surface area contributed by atoms with Crippen LogP contribution in [0.5, 0.6) is 0 Å². The highest BCUT2D eigenvalue weighted by Crippen LogP contribution is 1.98. The van der Waals surface area contributed by atoms with Crippen molar-refractivity contribution in [3.63, 3.8) is 0 Å². The largest absolute Gasteiger partial charge is 0.394 e. The summed E-state index contributed by atoms with van der Waals surface area (Å²) in [5, 5.41) is 16.4. The molecule has 72 valence electrons. The van der Waals surface area contributed by atoms with Crippen LogP contribution in [0.15, 0.2) is 0 Å². The summed E-state index contributed by atoms with van der Waals surface area (Å²) in [7, 11) is 0. The molecular formula is C8H16O4. The molecule has 0 spiro atoms. The van der Waals surface area contributed by atoms with Crippen molar-refractivity contribution in [1.82, 2.24) is 0 Å². The second kappa shape index (κ2) is 8.64. The zero-order chi connectivity index (χ0) is 9.23. The second-order valence-corrected chi connectivity index (χ2v) is 2.56. The van der Waals surface area contributed by atoms with E-state index in [1.54, 1.807) is 0 Å². The molecule has 1 unspecified atom stereocenters. The van der Waals surface area contributed by atoms with Crippen molar-refractivity contribution in [3.05, 3.63) is 0 Å². The lowest BCUT2D eigenvalue weighted by molar-refractivity contribution is -0.110. The van der Waals surface area contributed by atoms with Crippen molar-refractivity contribution >= 4 is 6.29 Å². The Balaban J connectivity index is 0.000000211. The van der Waals surface area contributed by atoms with Crippen molar-refractivity contribution in [1.29, 1.82) is 0 Å². The van der Waals surface area contributed by atoms with Gasteiger partial charge in [0, 0.05) is 19.6 Å². The van der Waals surface area contributed by atoms with Crippen LogP contribution in [0.4, 0.5) is 0 Å². The molecule has 0 saturated carbocycles. The number of aldehydes is 1. The van der Waals surface area contributed by atoms with E-state index in [-0.39, 0.29) is 13.0 Å². The van der Waals surface area contributed by atoms with Crippen LogP contribution in [0.25, 0.3) is 0 Å². The third kappa shape index (κ3) is 7.65.